The monoisotopic (exact) mass is 316 g/mol. The lowest BCUT2D eigenvalue weighted by molar-refractivity contribution is -0.384. The van der Waals surface area contributed by atoms with Crippen LogP contribution in [0, 0.1) is 10.1 Å². The molecule has 21 heavy (non-hydrogen) atoms. The number of carbonyl (C=O) groups is 1. The van der Waals surface area contributed by atoms with Crippen LogP contribution in [-0.4, -0.2) is 32.3 Å². The van der Waals surface area contributed by atoms with Crippen molar-refractivity contribution in [3.8, 4) is 0 Å². The van der Waals surface area contributed by atoms with Crippen LogP contribution in [0.4, 0.5) is 11.4 Å². The Balaban J connectivity index is 2.81. The van der Waals surface area contributed by atoms with Crippen molar-refractivity contribution >= 4 is 27.3 Å². The second kappa shape index (κ2) is 6.99. The Bertz CT molecular complexity index is 644. The molecule has 1 rings (SSSR count). The SMILES string of the molecule is CCNC(=O)CCNS(=O)(=O)c1ccc(N)c([N+](=O)[O-])c1. The van der Waals surface area contributed by atoms with E-state index >= 15 is 0 Å². The van der Waals surface area contributed by atoms with Gasteiger partial charge in [0.25, 0.3) is 5.69 Å². The van der Waals surface area contributed by atoms with Crippen molar-refractivity contribution in [3.63, 3.8) is 0 Å². The summed E-state index contributed by atoms with van der Waals surface area (Å²) in [4.78, 5) is 20.9. The van der Waals surface area contributed by atoms with Gasteiger partial charge in [0.15, 0.2) is 0 Å². The quantitative estimate of drug-likeness (QED) is 0.366. The summed E-state index contributed by atoms with van der Waals surface area (Å²) >= 11 is 0. The zero-order valence-electron chi connectivity index (χ0n) is 11.3. The number of anilines is 1. The molecule has 0 aliphatic heterocycles. The highest BCUT2D eigenvalue weighted by atomic mass is 32.2. The topological polar surface area (TPSA) is 144 Å². The first-order valence-electron chi connectivity index (χ1n) is 6.08. The number of rotatable bonds is 7. The van der Waals surface area contributed by atoms with Crippen molar-refractivity contribution in [2.45, 2.75) is 18.2 Å². The summed E-state index contributed by atoms with van der Waals surface area (Å²) in [5.74, 6) is -0.288. The molecule has 0 aromatic heterocycles. The fourth-order valence-corrected chi connectivity index (χ4v) is 2.57. The third-order valence-corrected chi connectivity index (χ3v) is 3.99. The molecule has 0 aliphatic carbocycles. The minimum atomic E-state index is -3.93. The molecule has 0 radical (unpaired) electrons. The number of nitro benzene ring substituents is 1. The Morgan fingerprint density at radius 3 is 2.67 bits per heavy atom. The zero-order chi connectivity index (χ0) is 16.0. The maximum absolute atomic E-state index is 12.0. The number of nitro groups is 1. The van der Waals surface area contributed by atoms with Crippen molar-refractivity contribution < 1.29 is 18.1 Å². The molecule has 9 nitrogen and oxygen atoms in total. The maximum Gasteiger partial charge on any atom is 0.293 e. The number of hydrogen-bond acceptors (Lipinski definition) is 6. The number of nitrogens with two attached hydrogens (primary N) is 1. The minimum Gasteiger partial charge on any atom is -0.393 e. The van der Waals surface area contributed by atoms with E-state index in [0.29, 0.717) is 6.54 Å². The summed E-state index contributed by atoms with van der Waals surface area (Å²) in [7, 11) is -3.93. The average Bonchev–Trinajstić information content (AvgIpc) is 2.38. The molecule has 10 heteroatoms. The molecular weight excluding hydrogens is 300 g/mol. The first-order chi connectivity index (χ1) is 9.77. The molecular formula is C11H16N4O5S. The van der Waals surface area contributed by atoms with Gasteiger partial charge in [-0.1, -0.05) is 0 Å². The summed E-state index contributed by atoms with van der Waals surface area (Å²) in [5.41, 5.74) is 4.79. The second-order valence-corrected chi connectivity index (χ2v) is 5.85. The standard InChI is InChI=1S/C11H16N4O5S/c1-2-13-11(16)5-6-14-21(19,20)8-3-4-9(12)10(7-8)15(17)18/h3-4,7,14H,2,5-6,12H2,1H3,(H,13,16). The van der Waals surface area contributed by atoms with Gasteiger partial charge in [0.05, 0.1) is 9.82 Å². The molecule has 0 saturated carbocycles. The van der Waals surface area contributed by atoms with Crippen LogP contribution in [0.3, 0.4) is 0 Å². The summed E-state index contributed by atoms with van der Waals surface area (Å²) in [6.45, 7) is 2.09. The van der Waals surface area contributed by atoms with Gasteiger partial charge in [-0.2, -0.15) is 0 Å². The number of amides is 1. The van der Waals surface area contributed by atoms with E-state index in [2.05, 4.69) is 10.0 Å². The molecule has 0 fully saturated rings. The van der Waals surface area contributed by atoms with Gasteiger partial charge in [-0.3, -0.25) is 14.9 Å². The van der Waals surface area contributed by atoms with Gasteiger partial charge in [-0.05, 0) is 19.1 Å². The highest BCUT2D eigenvalue weighted by Gasteiger charge is 2.20. The summed E-state index contributed by atoms with van der Waals surface area (Å²) in [6.07, 6.45) is -0.0237. The molecule has 4 N–H and O–H groups in total. The first-order valence-corrected chi connectivity index (χ1v) is 7.56. The number of hydrogen-bond donors (Lipinski definition) is 3. The first kappa shape index (κ1) is 16.9. The van der Waals surface area contributed by atoms with Crippen molar-refractivity contribution in [3.05, 3.63) is 28.3 Å². The number of nitrogen functional groups attached to an aromatic ring is 1. The number of sulfonamides is 1. The van der Waals surface area contributed by atoms with Crippen LogP contribution in [-0.2, 0) is 14.8 Å². The van der Waals surface area contributed by atoms with Crippen LogP contribution in [0.2, 0.25) is 0 Å². The Hall–Kier alpha value is -2.20. The molecule has 0 unspecified atom stereocenters. The molecule has 1 aromatic carbocycles. The van der Waals surface area contributed by atoms with E-state index in [9.17, 15) is 23.3 Å². The molecule has 1 amide bonds. The average molecular weight is 316 g/mol. The second-order valence-electron chi connectivity index (χ2n) is 4.08. The fourth-order valence-electron chi connectivity index (χ4n) is 1.52. The summed E-state index contributed by atoms with van der Waals surface area (Å²) in [5, 5.41) is 13.3. The van der Waals surface area contributed by atoms with E-state index in [0.717, 1.165) is 18.2 Å². The highest BCUT2D eigenvalue weighted by molar-refractivity contribution is 7.89. The van der Waals surface area contributed by atoms with Gasteiger partial charge in [-0.25, -0.2) is 13.1 Å². The van der Waals surface area contributed by atoms with Crippen molar-refractivity contribution in [1.82, 2.24) is 10.0 Å². The Labute approximate surface area is 121 Å². The van der Waals surface area contributed by atoms with Gasteiger partial charge < -0.3 is 11.1 Å². The van der Waals surface area contributed by atoms with Crippen LogP contribution in [0.5, 0.6) is 0 Å². The summed E-state index contributed by atoms with van der Waals surface area (Å²) in [6, 6.07) is 3.19. The van der Waals surface area contributed by atoms with Gasteiger partial charge in [0.2, 0.25) is 15.9 Å². The van der Waals surface area contributed by atoms with Crippen molar-refractivity contribution in [2.24, 2.45) is 0 Å². The number of nitrogens with one attached hydrogen (secondary N) is 2. The summed E-state index contributed by atoms with van der Waals surface area (Å²) < 4.78 is 26.1. The Morgan fingerprint density at radius 1 is 1.43 bits per heavy atom. The molecule has 0 aliphatic rings. The van der Waals surface area contributed by atoms with Crippen LogP contribution in [0.15, 0.2) is 23.1 Å². The van der Waals surface area contributed by atoms with Crippen LogP contribution < -0.4 is 15.8 Å². The largest absolute Gasteiger partial charge is 0.393 e. The van der Waals surface area contributed by atoms with Crippen LogP contribution in [0.1, 0.15) is 13.3 Å². The normalized spacial score (nSPS) is 11.1. The molecule has 0 spiro atoms. The molecule has 0 atom stereocenters. The molecule has 0 saturated heterocycles. The smallest absolute Gasteiger partial charge is 0.293 e. The van der Waals surface area contributed by atoms with Crippen molar-refractivity contribution in [1.29, 1.82) is 0 Å². The highest BCUT2D eigenvalue weighted by Crippen LogP contribution is 2.24. The van der Waals surface area contributed by atoms with E-state index in [-0.39, 0.29) is 29.5 Å². The Morgan fingerprint density at radius 2 is 2.10 bits per heavy atom. The van der Waals surface area contributed by atoms with Gasteiger partial charge in [-0.15, -0.1) is 0 Å². The van der Waals surface area contributed by atoms with E-state index in [4.69, 9.17) is 5.73 Å². The third kappa shape index (κ3) is 4.68. The lowest BCUT2D eigenvalue weighted by Gasteiger charge is -2.07. The lowest BCUT2D eigenvalue weighted by Crippen LogP contribution is -2.30. The lowest BCUT2D eigenvalue weighted by atomic mass is 10.3. The van der Waals surface area contributed by atoms with Crippen molar-refractivity contribution in [2.75, 3.05) is 18.8 Å². The van der Waals surface area contributed by atoms with E-state index in [1.807, 2.05) is 0 Å². The maximum atomic E-state index is 12.0. The van der Waals surface area contributed by atoms with Gasteiger partial charge in [0, 0.05) is 25.6 Å². The number of nitrogens with zero attached hydrogens (tertiary/aromatic N) is 1. The zero-order valence-corrected chi connectivity index (χ0v) is 12.1. The van der Waals surface area contributed by atoms with E-state index in [1.165, 1.54) is 0 Å². The van der Waals surface area contributed by atoms with Gasteiger partial charge >= 0.3 is 0 Å². The fraction of sp³-hybridized carbons (Fsp3) is 0.364. The van der Waals surface area contributed by atoms with E-state index < -0.39 is 20.6 Å². The van der Waals surface area contributed by atoms with Gasteiger partial charge in [0.1, 0.15) is 5.69 Å². The molecule has 116 valence electrons. The predicted octanol–water partition coefficient (Wildman–Crippen LogP) is -0.0185. The van der Waals surface area contributed by atoms with Crippen LogP contribution >= 0.6 is 0 Å². The van der Waals surface area contributed by atoms with Crippen LogP contribution in [0.25, 0.3) is 0 Å². The Kier molecular flexibility index (Phi) is 5.61. The molecule has 1 aromatic rings. The number of carbonyl (C=O) groups excluding carboxylic acids is 1. The third-order valence-electron chi connectivity index (χ3n) is 2.53. The molecule has 0 heterocycles. The molecule has 0 bridgehead atoms. The number of benzene rings is 1. The minimum absolute atomic E-state index is 0.0237. The van der Waals surface area contributed by atoms with E-state index in [1.54, 1.807) is 6.92 Å². The predicted molar refractivity (Wildman–Crippen MR) is 76.0 cm³/mol.